The number of pyridine rings is 1. The third kappa shape index (κ3) is 4.42. The summed E-state index contributed by atoms with van der Waals surface area (Å²) >= 11 is 0. The highest BCUT2D eigenvalue weighted by Crippen LogP contribution is 2.31. The molecule has 23 heavy (non-hydrogen) atoms. The number of alkyl halides is 3. The van der Waals surface area contributed by atoms with E-state index in [1.807, 2.05) is 0 Å². The largest absolute Gasteiger partial charge is 0.463 e. The monoisotopic (exact) mass is 321 g/mol. The molecule has 0 bridgehead atoms. The molecule has 6 heteroatoms. The van der Waals surface area contributed by atoms with E-state index in [9.17, 15) is 18.0 Å². The minimum Gasteiger partial charge on any atom is -0.463 e. The first-order chi connectivity index (χ1) is 10.9. The molecule has 0 saturated carbocycles. The fourth-order valence-electron chi connectivity index (χ4n) is 1.94. The van der Waals surface area contributed by atoms with Crippen molar-refractivity contribution in [3.8, 4) is 11.3 Å². The Hall–Kier alpha value is -2.63. The summed E-state index contributed by atoms with van der Waals surface area (Å²) in [5, 5.41) is 0. The topological polar surface area (TPSA) is 39.2 Å². The predicted molar refractivity (Wildman–Crippen MR) is 80.3 cm³/mol. The molecule has 0 N–H and O–H groups in total. The maximum absolute atomic E-state index is 12.9. The van der Waals surface area contributed by atoms with Gasteiger partial charge in [0.25, 0.3) is 0 Å². The number of halogens is 3. The van der Waals surface area contributed by atoms with Crippen LogP contribution in [-0.4, -0.2) is 17.6 Å². The number of rotatable bonds is 4. The molecule has 0 radical (unpaired) electrons. The summed E-state index contributed by atoms with van der Waals surface area (Å²) in [6.45, 7) is 1.89. The summed E-state index contributed by atoms with van der Waals surface area (Å²) in [6.07, 6.45) is -1.97. The number of carbonyl (C=O) groups excluding carboxylic acids is 1. The lowest BCUT2D eigenvalue weighted by Crippen LogP contribution is -2.09. The van der Waals surface area contributed by atoms with Gasteiger partial charge in [-0.1, -0.05) is 36.4 Å². The Morgan fingerprint density at radius 1 is 1.17 bits per heavy atom. The van der Waals surface area contributed by atoms with Gasteiger partial charge in [0.1, 0.15) is 5.69 Å². The van der Waals surface area contributed by atoms with Crippen LogP contribution in [0.3, 0.4) is 0 Å². The number of hydrogen-bond donors (Lipinski definition) is 0. The molecule has 0 spiro atoms. The number of benzene rings is 1. The van der Waals surface area contributed by atoms with Crippen LogP contribution in [0.1, 0.15) is 18.2 Å². The van der Waals surface area contributed by atoms with E-state index in [1.54, 1.807) is 37.3 Å². The van der Waals surface area contributed by atoms with Gasteiger partial charge in [-0.15, -0.1) is 0 Å². The third-order valence-corrected chi connectivity index (χ3v) is 2.95. The lowest BCUT2D eigenvalue weighted by atomic mass is 10.0. The number of aromatic nitrogens is 1. The van der Waals surface area contributed by atoms with E-state index in [1.165, 1.54) is 18.2 Å². The van der Waals surface area contributed by atoms with Crippen LogP contribution in [0.15, 0.2) is 48.5 Å². The lowest BCUT2D eigenvalue weighted by molar-refractivity contribution is -0.141. The predicted octanol–water partition coefficient (Wildman–Crippen LogP) is 4.34. The summed E-state index contributed by atoms with van der Waals surface area (Å²) in [5.41, 5.74) is 0.102. The Balaban J connectivity index is 2.48. The van der Waals surface area contributed by atoms with Gasteiger partial charge in [0.05, 0.1) is 12.3 Å². The molecule has 0 aliphatic rings. The smallest absolute Gasteiger partial charge is 0.433 e. The van der Waals surface area contributed by atoms with E-state index in [0.717, 1.165) is 6.07 Å². The van der Waals surface area contributed by atoms with Crippen molar-refractivity contribution >= 4 is 12.0 Å². The molecule has 1 heterocycles. The second kappa shape index (κ2) is 7.09. The molecular formula is C17H14F3NO2. The van der Waals surface area contributed by atoms with Crippen LogP contribution in [0.4, 0.5) is 13.2 Å². The molecule has 120 valence electrons. The van der Waals surface area contributed by atoms with Gasteiger partial charge in [0.15, 0.2) is 0 Å². The van der Waals surface area contributed by atoms with E-state index in [4.69, 9.17) is 4.74 Å². The fraction of sp³-hybridized carbons (Fsp3) is 0.176. The molecular weight excluding hydrogens is 307 g/mol. The first-order valence-electron chi connectivity index (χ1n) is 6.90. The zero-order chi connectivity index (χ0) is 16.9. The average molecular weight is 321 g/mol. The van der Waals surface area contributed by atoms with Crippen molar-refractivity contribution in [1.82, 2.24) is 4.98 Å². The summed E-state index contributed by atoms with van der Waals surface area (Å²) in [6, 6.07) is 10.6. The summed E-state index contributed by atoms with van der Waals surface area (Å²) in [7, 11) is 0. The van der Waals surface area contributed by atoms with Gasteiger partial charge < -0.3 is 4.74 Å². The zero-order valence-electron chi connectivity index (χ0n) is 12.3. The molecule has 2 aromatic rings. The van der Waals surface area contributed by atoms with Gasteiger partial charge in [0.2, 0.25) is 0 Å². The zero-order valence-corrected chi connectivity index (χ0v) is 12.3. The van der Waals surface area contributed by atoms with Crippen molar-refractivity contribution in [2.45, 2.75) is 13.1 Å². The molecule has 2 rings (SSSR count). The highest BCUT2D eigenvalue weighted by atomic mass is 19.4. The maximum Gasteiger partial charge on any atom is 0.433 e. The summed E-state index contributed by atoms with van der Waals surface area (Å²) < 4.78 is 43.4. The van der Waals surface area contributed by atoms with Crippen LogP contribution < -0.4 is 0 Å². The summed E-state index contributed by atoms with van der Waals surface area (Å²) in [5.74, 6) is -0.564. The maximum atomic E-state index is 12.9. The molecule has 1 aromatic heterocycles. The molecule has 0 saturated heterocycles. The Labute approximate surface area is 131 Å². The SMILES string of the molecule is CCOC(=O)/C=C/c1ccc(C(F)(F)F)nc1-c1ccccc1. The second-order valence-corrected chi connectivity index (χ2v) is 4.58. The van der Waals surface area contributed by atoms with Crippen LogP contribution >= 0.6 is 0 Å². The molecule has 0 aliphatic carbocycles. The minimum absolute atomic E-state index is 0.154. The Bertz CT molecular complexity index is 710. The first-order valence-corrected chi connectivity index (χ1v) is 6.90. The van der Waals surface area contributed by atoms with Crippen molar-refractivity contribution in [3.63, 3.8) is 0 Å². The van der Waals surface area contributed by atoms with Crippen LogP contribution in [0.2, 0.25) is 0 Å². The molecule has 1 aromatic carbocycles. The minimum atomic E-state index is -4.53. The average Bonchev–Trinajstić information content (AvgIpc) is 2.53. The third-order valence-electron chi connectivity index (χ3n) is 2.95. The van der Waals surface area contributed by atoms with Crippen LogP contribution in [0.5, 0.6) is 0 Å². The van der Waals surface area contributed by atoms with Crippen LogP contribution in [-0.2, 0) is 15.7 Å². The number of ether oxygens (including phenoxy) is 1. The van der Waals surface area contributed by atoms with Gasteiger partial charge >= 0.3 is 12.1 Å². The second-order valence-electron chi connectivity index (χ2n) is 4.58. The van der Waals surface area contributed by atoms with Gasteiger partial charge in [-0.05, 0) is 19.1 Å². The summed E-state index contributed by atoms with van der Waals surface area (Å²) in [4.78, 5) is 15.1. The van der Waals surface area contributed by atoms with Crippen molar-refractivity contribution in [2.75, 3.05) is 6.61 Å². The van der Waals surface area contributed by atoms with E-state index < -0.39 is 17.8 Å². The van der Waals surface area contributed by atoms with Crippen LogP contribution in [0.25, 0.3) is 17.3 Å². The van der Waals surface area contributed by atoms with Crippen molar-refractivity contribution in [2.24, 2.45) is 0 Å². The van der Waals surface area contributed by atoms with Gasteiger partial charge in [-0.2, -0.15) is 13.2 Å². The number of hydrogen-bond acceptors (Lipinski definition) is 3. The van der Waals surface area contributed by atoms with Gasteiger partial charge in [0, 0.05) is 17.2 Å². The molecule has 0 fully saturated rings. The Morgan fingerprint density at radius 2 is 1.87 bits per heavy atom. The lowest BCUT2D eigenvalue weighted by Gasteiger charge is -2.11. The molecule has 0 unspecified atom stereocenters. The van der Waals surface area contributed by atoms with E-state index in [0.29, 0.717) is 11.1 Å². The standard InChI is InChI=1S/C17H14F3NO2/c1-2-23-15(22)11-9-13-8-10-14(17(18,19)20)21-16(13)12-6-4-3-5-7-12/h3-11H,2H2,1H3/b11-9+. The van der Waals surface area contributed by atoms with E-state index in [2.05, 4.69) is 4.98 Å². The first kappa shape index (κ1) is 16.7. The quantitative estimate of drug-likeness (QED) is 0.621. The number of carbonyl (C=O) groups is 1. The van der Waals surface area contributed by atoms with Gasteiger partial charge in [-0.25, -0.2) is 9.78 Å². The Morgan fingerprint density at radius 3 is 2.48 bits per heavy atom. The van der Waals surface area contributed by atoms with Crippen molar-refractivity contribution in [1.29, 1.82) is 0 Å². The number of esters is 1. The Kier molecular flexibility index (Phi) is 5.16. The van der Waals surface area contributed by atoms with Crippen molar-refractivity contribution in [3.05, 3.63) is 59.8 Å². The van der Waals surface area contributed by atoms with Crippen LogP contribution in [0, 0.1) is 0 Å². The van der Waals surface area contributed by atoms with E-state index in [-0.39, 0.29) is 12.3 Å². The normalized spacial score (nSPS) is 11.7. The molecule has 0 aliphatic heterocycles. The highest BCUT2D eigenvalue weighted by molar-refractivity contribution is 5.88. The van der Waals surface area contributed by atoms with E-state index >= 15 is 0 Å². The molecule has 0 atom stereocenters. The van der Waals surface area contributed by atoms with Crippen molar-refractivity contribution < 1.29 is 22.7 Å². The van der Waals surface area contributed by atoms with Gasteiger partial charge in [-0.3, -0.25) is 0 Å². The highest BCUT2D eigenvalue weighted by Gasteiger charge is 2.33. The number of nitrogens with zero attached hydrogens (tertiary/aromatic N) is 1. The molecule has 3 nitrogen and oxygen atoms in total. The molecule has 0 amide bonds. The fourth-order valence-corrected chi connectivity index (χ4v) is 1.94.